The number of aryl methyl sites for hydroxylation is 2. The van der Waals surface area contributed by atoms with Crippen molar-refractivity contribution in [2.75, 3.05) is 18.5 Å². The Bertz CT molecular complexity index is 989. The summed E-state index contributed by atoms with van der Waals surface area (Å²) in [7, 11) is 0. The minimum absolute atomic E-state index is 0.103. The lowest BCUT2D eigenvalue weighted by Gasteiger charge is -2.38. The van der Waals surface area contributed by atoms with Crippen LogP contribution < -0.4 is 5.32 Å². The van der Waals surface area contributed by atoms with Crippen molar-refractivity contribution in [3.8, 4) is 0 Å². The Balaban J connectivity index is 1.81. The van der Waals surface area contributed by atoms with Crippen molar-refractivity contribution in [2.45, 2.75) is 77.7 Å². The molecule has 8 heteroatoms. The fourth-order valence-corrected chi connectivity index (χ4v) is 6.43. The van der Waals surface area contributed by atoms with Gasteiger partial charge < -0.3 is 24.8 Å². The third-order valence-electron chi connectivity index (χ3n) is 8.05. The molecule has 0 aliphatic carbocycles. The molecule has 2 bridgehead atoms. The molecule has 6 atom stereocenters. The zero-order chi connectivity index (χ0) is 25.0. The van der Waals surface area contributed by atoms with E-state index in [1.807, 2.05) is 52.8 Å². The SMILES string of the molecule is CCOC(=O)[C@@H]1[C@H]2C(=O)N([C@@H](CO)C(C)C)C(C(=O)Nc3c(C)cccc3C)C23CC[C@@]1(C)O3. The molecule has 1 aromatic carbocycles. The fraction of sp³-hybridized carbons (Fsp3) is 0.654. The van der Waals surface area contributed by atoms with Gasteiger partial charge >= 0.3 is 5.97 Å². The van der Waals surface area contributed by atoms with Gasteiger partial charge in [0.05, 0.1) is 30.8 Å². The number of para-hydroxylation sites is 1. The molecule has 34 heavy (non-hydrogen) atoms. The van der Waals surface area contributed by atoms with Crippen LogP contribution in [-0.2, 0) is 23.9 Å². The van der Waals surface area contributed by atoms with Gasteiger partial charge in [-0.15, -0.1) is 0 Å². The molecule has 3 heterocycles. The second-order valence-electron chi connectivity index (χ2n) is 10.5. The molecule has 0 aromatic heterocycles. The minimum Gasteiger partial charge on any atom is -0.466 e. The number of anilines is 1. The van der Waals surface area contributed by atoms with Crippen LogP contribution in [0.2, 0.25) is 0 Å². The van der Waals surface area contributed by atoms with E-state index < -0.39 is 41.1 Å². The number of ether oxygens (including phenoxy) is 2. The number of esters is 1. The van der Waals surface area contributed by atoms with E-state index in [0.29, 0.717) is 18.5 Å². The molecule has 186 valence electrons. The van der Waals surface area contributed by atoms with Crippen molar-refractivity contribution in [1.29, 1.82) is 0 Å². The second-order valence-corrected chi connectivity index (χ2v) is 10.5. The van der Waals surface area contributed by atoms with Gasteiger partial charge in [-0.1, -0.05) is 32.0 Å². The lowest BCUT2D eigenvalue weighted by molar-refractivity contribution is -0.160. The van der Waals surface area contributed by atoms with Crippen LogP contribution in [0, 0.1) is 31.6 Å². The summed E-state index contributed by atoms with van der Waals surface area (Å²) in [5, 5.41) is 13.3. The Morgan fingerprint density at radius 1 is 1.26 bits per heavy atom. The van der Waals surface area contributed by atoms with Crippen LogP contribution in [0.4, 0.5) is 5.69 Å². The molecule has 4 rings (SSSR count). The van der Waals surface area contributed by atoms with Crippen molar-refractivity contribution in [2.24, 2.45) is 17.8 Å². The van der Waals surface area contributed by atoms with Crippen LogP contribution >= 0.6 is 0 Å². The third-order valence-corrected chi connectivity index (χ3v) is 8.05. The molecule has 0 saturated carbocycles. The van der Waals surface area contributed by atoms with Gasteiger partial charge in [0, 0.05) is 5.69 Å². The molecule has 3 saturated heterocycles. The number of aliphatic hydroxyl groups is 1. The molecule has 3 aliphatic rings. The highest BCUT2D eigenvalue weighted by Gasteiger charge is 2.78. The van der Waals surface area contributed by atoms with E-state index in [-0.39, 0.29) is 30.9 Å². The second kappa shape index (κ2) is 8.64. The smallest absolute Gasteiger partial charge is 0.312 e. The zero-order valence-corrected chi connectivity index (χ0v) is 20.9. The summed E-state index contributed by atoms with van der Waals surface area (Å²) in [6, 6.07) is 4.21. The van der Waals surface area contributed by atoms with Gasteiger partial charge in [-0.3, -0.25) is 14.4 Å². The van der Waals surface area contributed by atoms with Crippen molar-refractivity contribution in [1.82, 2.24) is 4.90 Å². The summed E-state index contributed by atoms with van der Waals surface area (Å²) in [4.78, 5) is 42.5. The number of amides is 2. The molecule has 2 unspecified atom stereocenters. The Labute approximate surface area is 201 Å². The van der Waals surface area contributed by atoms with E-state index in [9.17, 15) is 19.5 Å². The van der Waals surface area contributed by atoms with Gasteiger partial charge in [0.15, 0.2) is 0 Å². The summed E-state index contributed by atoms with van der Waals surface area (Å²) < 4.78 is 11.9. The van der Waals surface area contributed by atoms with Crippen LogP contribution in [0.1, 0.15) is 51.7 Å². The molecule has 2 N–H and O–H groups in total. The van der Waals surface area contributed by atoms with Crippen molar-refractivity contribution in [3.05, 3.63) is 29.3 Å². The van der Waals surface area contributed by atoms with Gasteiger partial charge in [-0.05, 0) is 57.6 Å². The van der Waals surface area contributed by atoms with Crippen molar-refractivity contribution in [3.63, 3.8) is 0 Å². The first kappa shape index (κ1) is 24.7. The molecular weight excluding hydrogens is 436 g/mol. The number of likely N-dealkylation sites (tertiary alicyclic amines) is 1. The topological polar surface area (TPSA) is 105 Å². The number of nitrogens with one attached hydrogen (secondary N) is 1. The molecule has 2 amide bonds. The monoisotopic (exact) mass is 472 g/mol. The molecule has 8 nitrogen and oxygen atoms in total. The first-order valence-electron chi connectivity index (χ1n) is 12.2. The maximum atomic E-state index is 14.0. The van der Waals surface area contributed by atoms with E-state index in [1.165, 1.54) is 4.90 Å². The normalized spacial score (nSPS) is 32.8. The highest BCUT2D eigenvalue weighted by Crippen LogP contribution is 2.63. The summed E-state index contributed by atoms with van der Waals surface area (Å²) in [6.45, 7) is 11.1. The number of carbonyl (C=O) groups excluding carboxylic acids is 3. The predicted octanol–water partition coefficient (Wildman–Crippen LogP) is 2.59. The number of carbonyl (C=O) groups is 3. The highest BCUT2D eigenvalue weighted by atomic mass is 16.6. The van der Waals surface area contributed by atoms with Crippen molar-refractivity contribution >= 4 is 23.5 Å². The van der Waals surface area contributed by atoms with E-state index in [2.05, 4.69) is 5.32 Å². The molecule has 3 fully saturated rings. The van der Waals surface area contributed by atoms with Gasteiger partial charge in [0.1, 0.15) is 17.6 Å². The standard InChI is InChI=1S/C26H36N2O6/c1-7-33-24(32)19-18-23(31)28(17(13-29)14(2)3)21(26(18)12-11-25(19,6)34-26)22(30)27-20-15(4)9-8-10-16(20)5/h8-10,14,17-19,21,29H,7,11-13H2,1-6H3,(H,27,30)/t17-,18-,19-,21?,25+,26?/m0/s1. The van der Waals surface area contributed by atoms with Gasteiger partial charge in [-0.2, -0.15) is 0 Å². The van der Waals surface area contributed by atoms with E-state index >= 15 is 0 Å². The van der Waals surface area contributed by atoms with Gasteiger partial charge in [0.25, 0.3) is 0 Å². The van der Waals surface area contributed by atoms with E-state index in [4.69, 9.17) is 9.47 Å². The van der Waals surface area contributed by atoms with Crippen LogP contribution in [0.5, 0.6) is 0 Å². The number of rotatable bonds is 7. The number of hydrogen-bond acceptors (Lipinski definition) is 6. The Hall–Kier alpha value is -2.45. The van der Waals surface area contributed by atoms with Crippen LogP contribution in [0.25, 0.3) is 0 Å². The first-order valence-corrected chi connectivity index (χ1v) is 12.2. The average molecular weight is 473 g/mol. The number of fused-ring (bicyclic) bond motifs is 1. The molecular formula is C26H36N2O6. The first-order chi connectivity index (χ1) is 16.0. The summed E-state index contributed by atoms with van der Waals surface area (Å²) in [5.74, 6) is -2.87. The number of benzene rings is 1. The summed E-state index contributed by atoms with van der Waals surface area (Å²) in [6.07, 6.45) is 1.03. The fourth-order valence-electron chi connectivity index (χ4n) is 6.43. The largest absolute Gasteiger partial charge is 0.466 e. The Morgan fingerprint density at radius 2 is 1.91 bits per heavy atom. The number of aliphatic hydroxyl groups excluding tert-OH is 1. The maximum Gasteiger partial charge on any atom is 0.312 e. The summed E-state index contributed by atoms with van der Waals surface area (Å²) in [5.41, 5.74) is 0.502. The van der Waals surface area contributed by atoms with E-state index in [1.54, 1.807) is 6.92 Å². The molecule has 0 radical (unpaired) electrons. The average Bonchev–Trinajstić information content (AvgIpc) is 3.32. The van der Waals surface area contributed by atoms with Gasteiger partial charge in [0.2, 0.25) is 11.8 Å². The summed E-state index contributed by atoms with van der Waals surface area (Å²) >= 11 is 0. The Morgan fingerprint density at radius 3 is 2.47 bits per heavy atom. The molecule has 3 aliphatic heterocycles. The predicted molar refractivity (Wildman–Crippen MR) is 126 cm³/mol. The van der Waals surface area contributed by atoms with Gasteiger partial charge in [-0.25, -0.2) is 0 Å². The highest BCUT2D eigenvalue weighted by molar-refractivity contribution is 6.04. The Kier molecular flexibility index (Phi) is 6.27. The maximum absolute atomic E-state index is 14.0. The lowest BCUT2D eigenvalue weighted by Crippen LogP contribution is -2.57. The zero-order valence-electron chi connectivity index (χ0n) is 20.9. The van der Waals surface area contributed by atoms with Crippen LogP contribution in [0.3, 0.4) is 0 Å². The van der Waals surface area contributed by atoms with Crippen LogP contribution in [-0.4, -0.2) is 64.3 Å². The third kappa shape index (κ3) is 3.45. The number of hydrogen-bond donors (Lipinski definition) is 2. The lowest BCUT2D eigenvalue weighted by atomic mass is 9.66. The van der Waals surface area contributed by atoms with Crippen molar-refractivity contribution < 1.29 is 29.0 Å². The van der Waals surface area contributed by atoms with E-state index in [0.717, 1.165) is 11.1 Å². The number of nitrogens with zero attached hydrogens (tertiary/aromatic N) is 1. The molecule has 1 aromatic rings. The quantitative estimate of drug-likeness (QED) is 0.591. The molecule has 1 spiro atoms. The van der Waals surface area contributed by atoms with Crippen LogP contribution in [0.15, 0.2) is 18.2 Å². The minimum atomic E-state index is -1.15.